The lowest BCUT2D eigenvalue weighted by Crippen LogP contribution is -1.99. The molecule has 6 heteroatoms. The van der Waals surface area contributed by atoms with Crippen molar-refractivity contribution >= 4 is 23.4 Å². The van der Waals surface area contributed by atoms with Crippen LogP contribution in [0.2, 0.25) is 5.02 Å². The number of nitrogens with zero attached hydrogens (tertiary/aromatic N) is 2. The molecule has 3 aromatic rings. The van der Waals surface area contributed by atoms with E-state index < -0.39 is 6.10 Å². The molecule has 2 aromatic carbocycles. The fraction of sp³-hybridized carbons (Fsp3) is 0.176. The fourth-order valence-electron chi connectivity index (χ4n) is 2.12. The Morgan fingerprint density at radius 3 is 2.70 bits per heavy atom. The van der Waals surface area contributed by atoms with E-state index >= 15 is 0 Å². The molecule has 1 N–H and O–H groups in total. The summed E-state index contributed by atoms with van der Waals surface area (Å²) in [5, 5.41) is 19.2. The molecule has 4 nitrogen and oxygen atoms in total. The highest BCUT2D eigenvalue weighted by Crippen LogP contribution is 2.27. The molecule has 0 aliphatic carbocycles. The number of aromatic nitrogens is 2. The summed E-state index contributed by atoms with van der Waals surface area (Å²) < 4.78 is 5.54. The molecule has 0 fully saturated rings. The van der Waals surface area contributed by atoms with Gasteiger partial charge >= 0.3 is 0 Å². The fourth-order valence-corrected chi connectivity index (χ4v) is 2.96. The van der Waals surface area contributed by atoms with E-state index in [-0.39, 0.29) is 5.89 Å². The van der Waals surface area contributed by atoms with Gasteiger partial charge in [-0.15, -0.1) is 10.2 Å². The molecule has 0 spiro atoms. The molecule has 0 unspecified atom stereocenters. The molecule has 0 saturated heterocycles. The minimum absolute atomic E-state index is 0.180. The summed E-state index contributed by atoms with van der Waals surface area (Å²) in [6, 6.07) is 15.1. The van der Waals surface area contributed by atoms with Crippen LogP contribution in [-0.2, 0) is 5.75 Å². The highest BCUT2D eigenvalue weighted by atomic mass is 35.5. The van der Waals surface area contributed by atoms with Crippen molar-refractivity contribution < 1.29 is 9.52 Å². The first-order valence-electron chi connectivity index (χ1n) is 7.07. The monoisotopic (exact) mass is 346 g/mol. The highest BCUT2D eigenvalue weighted by Gasteiger charge is 2.18. The van der Waals surface area contributed by atoms with Crippen LogP contribution in [-0.4, -0.2) is 15.3 Å². The predicted octanol–water partition coefficient (Wildman–Crippen LogP) is 4.41. The summed E-state index contributed by atoms with van der Waals surface area (Å²) in [5.41, 5.74) is 3.06. The van der Waals surface area contributed by atoms with Crippen molar-refractivity contribution in [3.63, 3.8) is 0 Å². The normalized spacial score (nSPS) is 12.3. The average molecular weight is 347 g/mol. The minimum atomic E-state index is -0.951. The molecule has 23 heavy (non-hydrogen) atoms. The van der Waals surface area contributed by atoms with E-state index in [0.717, 1.165) is 5.75 Å². The van der Waals surface area contributed by atoms with Crippen molar-refractivity contribution in [2.24, 2.45) is 0 Å². The van der Waals surface area contributed by atoms with E-state index in [1.54, 1.807) is 24.3 Å². The molecule has 1 aromatic heterocycles. The molecular weight excluding hydrogens is 332 g/mol. The van der Waals surface area contributed by atoms with Crippen molar-refractivity contribution in [3.05, 3.63) is 76.1 Å². The van der Waals surface area contributed by atoms with Gasteiger partial charge in [0.15, 0.2) is 6.10 Å². The van der Waals surface area contributed by atoms with Crippen LogP contribution in [0.25, 0.3) is 0 Å². The van der Waals surface area contributed by atoms with Gasteiger partial charge in [-0.25, -0.2) is 0 Å². The van der Waals surface area contributed by atoms with Gasteiger partial charge in [0, 0.05) is 10.8 Å². The van der Waals surface area contributed by atoms with Crippen LogP contribution < -0.4 is 0 Å². The topological polar surface area (TPSA) is 59.2 Å². The molecule has 0 radical (unpaired) electrons. The number of benzene rings is 2. The van der Waals surface area contributed by atoms with E-state index in [0.29, 0.717) is 15.8 Å². The number of hydrogen-bond acceptors (Lipinski definition) is 5. The number of rotatable bonds is 5. The van der Waals surface area contributed by atoms with E-state index in [2.05, 4.69) is 35.3 Å². The number of hydrogen-bond donors (Lipinski definition) is 1. The van der Waals surface area contributed by atoms with Crippen LogP contribution in [0.5, 0.6) is 0 Å². The Morgan fingerprint density at radius 1 is 1.17 bits per heavy atom. The standard InChI is InChI=1S/C17H15ClN2O2S/c1-11-3-2-4-12(9-11)10-23-17-20-19-16(22-17)15(21)13-5-7-14(18)8-6-13/h2-9,15,21H,10H2,1H3/t15-/m1/s1. The van der Waals surface area contributed by atoms with Gasteiger partial charge in [0.2, 0.25) is 5.89 Å². The second-order valence-electron chi connectivity index (χ2n) is 5.14. The van der Waals surface area contributed by atoms with Gasteiger partial charge < -0.3 is 9.52 Å². The molecule has 3 rings (SSSR count). The third-order valence-corrected chi connectivity index (χ3v) is 4.43. The lowest BCUT2D eigenvalue weighted by Gasteiger charge is -2.05. The van der Waals surface area contributed by atoms with Crippen molar-refractivity contribution in [2.45, 2.75) is 24.0 Å². The van der Waals surface area contributed by atoms with Crippen molar-refractivity contribution in [3.8, 4) is 0 Å². The van der Waals surface area contributed by atoms with E-state index in [9.17, 15) is 5.11 Å². The van der Waals surface area contributed by atoms with Crippen LogP contribution in [0.1, 0.15) is 28.7 Å². The Kier molecular flexibility index (Phi) is 5.00. The first-order valence-corrected chi connectivity index (χ1v) is 8.43. The SMILES string of the molecule is Cc1cccc(CSc2nnc([C@H](O)c3ccc(Cl)cc3)o2)c1. The van der Waals surface area contributed by atoms with Crippen LogP contribution in [0, 0.1) is 6.92 Å². The van der Waals surface area contributed by atoms with E-state index in [4.69, 9.17) is 16.0 Å². The number of halogens is 1. The summed E-state index contributed by atoms with van der Waals surface area (Å²) in [4.78, 5) is 0. The Labute approximate surface area is 143 Å². The summed E-state index contributed by atoms with van der Waals surface area (Å²) in [5.74, 6) is 0.916. The number of aryl methyl sites for hydroxylation is 1. The Morgan fingerprint density at radius 2 is 1.96 bits per heavy atom. The lowest BCUT2D eigenvalue weighted by atomic mass is 10.1. The molecule has 1 heterocycles. The third-order valence-electron chi connectivity index (χ3n) is 3.29. The maximum atomic E-state index is 10.3. The quantitative estimate of drug-likeness (QED) is 0.693. The van der Waals surface area contributed by atoms with Gasteiger partial charge in [-0.2, -0.15) is 0 Å². The predicted molar refractivity (Wildman–Crippen MR) is 90.6 cm³/mol. The van der Waals surface area contributed by atoms with Crippen LogP contribution in [0.15, 0.2) is 58.2 Å². The zero-order valence-corrected chi connectivity index (χ0v) is 14.0. The van der Waals surface area contributed by atoms with Gasteiger partial charge in [-0.05, 0) is 30.2 Å². The first-order chi connectivity index (χ1) is 11.1. The summed E-state index contributed by atoms with van der Waals surface area (Å²) >= 11 is 7.29. The summed E-state index contributed by atoms with van der Waals surface area (Å²) in [6.45, 7) is 2.06. The molecule has 1 atom stereocenters. The second kappa shape index (κ2) is 7.17. The molecule has 0 amide bonds. The van der Waals surface area contributed by atoms with Gasteiger partial charge in [0.05, 0.1) is 0 Å². The van der Waals surface area contributed by atoms with Gasteiger partial charge in [0.25, 0.3) is 5.22 Å². The molecule has 0 bridgehead atoms. The zero-order valence-electron chi connectivity index (χ0n) is 12.4. The maximum Gasteiger partial charge on any atom is 0.277 e. The number of aliphatic hydroxyl groups excluding tert-OH is 1. The van der Waals surface area contributed by atoms with Crippen LogP contribution in [0.3, 0.4) is 0 Å². The zero-order chi connectivity index (χ0) is 16.2. The second-order valence-corrected chi connectivity index (χ2v) is 6.50. The smallest absolute Gasteiger partial charge is 0.277 e. The van der Waals surface area contributed by atoms with Crippen LogP contribution in [0.4, 0.5) is 0 Å². The van der Waals surface area contributed by atoms with Gasteiger partial charge in [-0.3, -0.25) is 0 Å². The van der Waals surface area contributed by atoms with Crippen molar-refractivity contribution in [2.75, 3.05) is 0 Å². The minimum Gasteiger partial charge on any atom is -0.413 e. The highest BCUT2D eigenvalue weighted by molar-refractivity contribution is 7.98. The third kappa shape index (κ3) is 4.13. The molecular formula is C17H15ClN2O2S. The average Bonchev–Trinajstić information content (AvgIpc) is 3.02. The van der Waals surface area contributed by atoms with Crippen molar-refractivity contribution in [1.82, 2.24) is 10.2 Å². The summed E-state index contributed by atoms with van der Waals surface area (Å²) in [7, 11) is 0. The van der Waals surface area contributed by atoms with E-state index in [1.807, 2.05) is 6.07 Å². The summed E-state index contributed by atoms with van der Waals surface area (Å²) in [6.07, 6.45) is -0.951. The van der Waals surface area contributed by atoms with E-state index in [1.165, 1.54) is 22.9 Å². The Balaban J connectivity index is 1.66. The largest absolute Gasteiger partial charge is 0.413 e. The molecule has 0 saturated carbocycles. The number of thioether (sulfide) groups is 1. The maximum absolute atomic E-state index is 10.3. The first kappa shape index (κ1) is 16.1. The molecule has 118 valence electrons. The Hall–Kier alpha value is -1.82. The Bertz CT molecular complexity index is 789. The van der Waals surface area contributed by atoms with Gasteiger partial charge in [-0.1, -0.05) is 65.3 Å². The molecule has 0 aliphatic heterocycles. The van der Waals surface area contributed by atoms with Crippen molar-refractivity contribution in [1.29, 1.82) is 0 Å². The molecule has 0 aliphatic rings. The number of aliphatic hydroxyl groups is 1. The lowest BCUT2D eigenvalue weighted by molar-refractivity contribution is 0.176. The van der Waals surface area contributed by atoms with Crippen LogP contribution >= 0.6 is 23.4 Å². The van der Waals surface area contributed by atoms with Gasteiger partial charge in [0.1, 0.15) is 0 Å².